The van der Waals surface area contributed by atoms with Gasteiger partial charge < -0.3 is 15.4 Å². The Morgan fingerprint density at radius 1 is 1.00 bits per heavy atom. The summed E-state index contributed by atoms with van der Waals surface area (Å²) in [4.78, 5) is 24.8. The van der Waals surface area contributed by atoms with Crippen LogP contribution in [0.4, 0.5) is 5.69 Å². The number of carbonyl (C=O) groups excluding carboxylic acids is 2. The third-order valence-electron chi connectivity index (χ3n) is 3.86. The second-order valence-corrected chi connectivity index (χ2v) is 6.42. The first-order chi connectivity index (χ1) is 12.4. The number of hydrogen-bond acceptors (Lipinski definition) is 3. The largest absolute Gasteiger partial charge is 0.481 e. The number of aryl methyl sites for hydroxylation is 1. The van der Waals surface area contributed by atoms with E-state index in [0.717, 1.165) is 6.42 Å². The Bertz CT molecular complexity index is 754. The monoisotopic (exact) mass is 354 g/mol. The summed E-state index contributed by atoms with van der Waals surface area (Å²) in [7, 11) is 0. The molecule has 0 spiro atoms. The fourth-order valence-corrected chi connectivity index (χ4v) is 2.43. The van der Waals surface area contributed by atoms with Crippen molar-refractivity contribution in [1.82, 2.24) is 5.32 Å². The van der Waals surface area contributed by atoms with Gasteiger partial charge in [0.25, 0.3) is 11.8 Å². The summed E-state index contributed by atoms with van der Waals surface area (Å²) in [6.45, 7) is 7.54. The smallest absolute Gasteiger partial charge is 0.265 e. The lowest BCUT2D eigenvalue weighted by atomic mass is 10.1. The van der Waals surface area contributed by atoms with E-state index in [1.807, 2.05) is 38.1 Å². The van der Waals surface area contributed by atoms with Gasteiger partial charge in [-0.2, -0.15) is 0 Å². The van der Waals surface area contributed by atoms with Crippen LogP contribution in [-0.2, 0) is 11.2 Å². The first-order valence-electron chi connectivity index (χ1n) is 8.87. The molecule has 5 heteroatoms. The highest BCUT2D eigenvalue weighted by Gasteiger charge is 2.18. The third kappa shape index (κ3) is 5.34. The van der Waals surface area contributed by atoms with Crippen molar-refractivity contribution in [3.05, 3.63) is 59.7 Å². The summed E-state index contributed by atoms with van der Waals surface area (Å²) in [5.74, 6) is 0.102. The van der Waals surface area contributed by atoms with Crippen molar-refractivity contribution in [3.8, 4) is 5.75 Å². The SMILES string of the molecule is CCc1ccc(O[C@H](C)C(=O)Nc2ccccc2C(=O)NC(C)C)cc1. The molecule has 2 N–H and O–H groups in total. The maximum atomic E-state index is 12.5. The Balaban J connectivity index is 2.05. The van der Waals surface area contributed by atoms with Crippen molar-refractivity contribution in [2.24, 2.45) is 0 Å². The molecule has 0 unspecified atom stereocenters. The first-order valence-corrected chi connectivity index (χ1v) is 8.87. The maximum Gasteiger partial charge on any atom is 0.265 e. The number of amides is 2. The number of hydrogen-bond donors (Lipinski definition) is 2. The highest BCUT2D eigenvalue weighted by molar-refractivity contribution is 6.04. The number of ether oxygens (including phenoxy) is 1. The zero-order valence-electron chi connectivity index (χ0n) is 15.7. The zero-order chi connectivity index (χ0) is 19.1. The van der Waals surface area contributed by atoms with Crippen molar-refractivity contribution < 1.29 is 14.3 Å². The van der Waals surface area contributed by atoms with Crippen molar-refractivity contribution in [2.75, 3.05) is 5.32 Å². The lowest BCUT2D eigenvalue weighted by molar-refractivity contribution is -0.122. The number of anilines is 1. The summed E-state index contributed by atoms with van der Waals surface area (Å²) < 4.78 is 5.70. The summed E-state index contributed by atoms with van der Waals surface area (Å²) in [5, 5.41) is 5.61. The molecule has 2 amide bonds. The predicted octanol–water partition coefficient (Wildman–Crippen LogP) is 3.79. The van der Waals surface area contributed by atoms with Crippen LogP contribution in [0.3, 0.4) is 0 Å². The molecule has 0 saturated heterocycles. The summed E-state index contributed by atoms with van der Waals surface area (Å²) in [6.07, 6.45) is 0.259. The number of para-hydroxylation sites is 1. The van der Waals surface area contributed by atoms with Crippen LogP contribution in [0, 0.1) is 0 Å². The molecule has 2 rings (SSSR count). The van der Waals surface area contributed by atoms with E-state index >= 15 is 0 Å². The van der Waals surface area contributed by atoms with Crippen LogP contribution in [0.2, 0.25) is 0 Å². The second kappa shape index (κ2) is 9.04. The molecule has 2 aromatic rings. The molecule has 0 bridgehead atoms. The van der Waals surface area contributed by atoms with Gasteiger partial charge in [0.05, 0.1) is 11.3 Å². The quantitative estimate of drug-likeness (QED) is 0.795. The Kier molecular flexibility index (Phi) is 6.78. The molecule has 2 aromatic carbocycles. The van der Waals surface area contributed by atoms with Gasteiger partial charge in [0.15, 0.2) is 6.10 Å². The van der Waals surface area contributed by atoms with Gasteiger partial charge in [-0.05, 0) is 57.0 Å². The average molecular weight is 354 g/mol. The Morgan fingerprint density at radius 3 is 2.27 bits per heavy atom. The average Bonchev–Trinajstić information content (AvgIpc) is 2.62. The fraction of sp³-hybridized carbons (Fsp3) is 0.333. The van der Waals surface area contributed by atoms with Gasteiger partial charge in [0, 0.05) is 6.04 Å². The van der Waals surface area contributed by atoms with E-state index < -0.39 is 6.10 Å². The van der Waals surface area contributed by atoms with E-state index in [0.29, 0.717) is 17.0 Å². The predicted molar refractivity (Wildman–Crippen MR) is 104 cm³/mol. The first kappa shape index (κ1) is 19.5. The third-order valence-corrected chi connectivity index (χ3v) is 3.86. The molecular weight excluding hydrogens is 328 g/mol. The summed E-state index contributed by atoms with van der Waals surface area (Å²) in [5.41, 5.74) is 2.10. The molecule has 0 aliphatic carbocycles. The minimum atomic E-state index is -0.691. The lowest BCUT2D eigenvalue weighted by Gasteiger charge is -2.17. The molecule has 0 heterocycles. The van der Waals surface area contributed by atoms with E-state index in [4.69, 9.17) is 4.74 Å². The Hall–Kier alpha value is -2.82. The molecule has 1 atom stereocenters. The standard InChI is InChI=1S/C21H26N2O3/c1-5-16-10-12-17(13-11-16)26-15(4)20(24)23-19-9-7-6-8-18(19)21(25)22-14(2)3/h6-15H,5H2,1-4H3,(H,22,25)(H,23,24)/t15-/m1/s1. The van der Waals surface area contributed by atoms with Crippen LogP contribution < -0.4 is 15.4 Å². The van der Waals surface area contributed by atoms with Gasteiger partial charge in [0.2, 0.25) is 0 Å². The topological polar surface area (TPSA) is 67.4 Å². The summed E-state index contributed by atoms with van der Waals surface area (Å²) >= 11 is 0. The van der Waals surface area contributed by atoms with Crippen LogP contribution in [0.1, 0.15) is 43.6 Å². The molecule has 26 heavy (non-hydrogen) atoms. The molecular formula is C21H26N2O3. The minimum Gasteiger partial charge on any atom is -0.481 e. The highest BCUT2D eigenvalue weighted by Crippen LogP contribution is 2.18. The molecule has 138 valence electrons. The van der Waals surface area contributed by atoms with Crippen LogP contribution in [-0.4, -0.2) is 24.0 Å². The van der Waals surface area contributed by atoms with Gasteiger partial charge in [-0.3, -0.25) is 9.59 Å². The van der Waals surface area contributed by atoms with E-state index in [9.17, 15) is 9.59 Å². The van der Waals surface area contributed by atoms with Crippen molar-refractivity contribution in [1.29, 1.82) is 0 Å². The van der Waals surface area contributed by atoms with Crippen LogP contribution in [0.5, 0.6) is 5.75 Å². The van der Waals surface area contributed by atoms with Crippen molar-refractivity contribution in [3.63, 3.8) is 0 Å². The number of nitrogens with one attached hydrogen (secondary N) is 2. The molecule has 0 radical (unpaired) electrons. The van der Waals surface area contributed by atoms with Gasteiger partial charge in [-0.15, -0.1) is 0 Å². The van der Waals surface area contributed by atoms with Gasteiger partial charge in [-0.25, -0.2) is 0 Å². The summed E-state index contributed by atoms with van der Waals surface area (Å²) in [6, 6.07) is 14.6. The lowest BCUT2D eigenvalue weighted by Crippen LogP contribution is -2.33. The fourth-order valence-electron chi connectivity index (χ4n) is 2.43. The van der Waals surface area contributed by atoms with E-state index in [1.54, 1.807) is 31.2 Å². The van der Waals surface area contributed by atoms with E-state index in [-0.39, 0.29) is 17.9 Å². The molecule has 0 aliphatic rings. The highest BCUT2D eigenvalue weighted by atomic mass is 16.5. The molecule has 0 aromatic heterocycles. The zero-order valence-corrected chi connectivity index (χ0v) is 15.7. The molecule has 0 aliphatic heterocycles. The molecule has 0 saturated carbocycles. The van der Waals surface area contributed by atoms with Crippen LogP contribution in [0.15, 0.2) is 48.5 Å². The second-order valence-electron chi connectivity index (χ2n) is 6.42. The van der Waals surface area contributed by atoms with Gasteiger partial charge in [-0.1, -0.05) is 31.2 Å². The Morgan fingerprint density at radius 2 is 1.65 bits per heavy atom. The molecule has 5 nitrogen and oxygen atoms in total. The van der Waals surface area contributed by atoms with Gasteiger partial charge >= 0.3 is 0 Å². The normalized spacial score (nSPS) is 11.7. The number of rotatable bonds is 7. The number of benzene rings is 2. The van der Waals surface area contributed by atoms with Crippen LogP contribution >= 0.6 is 0 Å². The van der Waals surface area contributed by atoms with E-state index in [2.05, 4.69) is 17.6 Å². The van der Waals surface area contributed by atoms with Gasteiger partial charge in [0.1, 0.15) is 5.75 Å². The van der Waals surface area contributed by atoms with Crippen LogP contribution in [0.25, 0.3) is 0 Å². The van der Waals surface area contributed by atoms with E-state index in [1.165, 1.54) is 5.56 Å². The minimum absolute atomic E-state index is 0.0135. The Labute approximate surface area is 154 Å². The van der Waals surface area contributed by atoms with Crippen molar-refractivity contribution in [2.45, 2.75) is 46.3 Å². The maximum absolute atomic E-state index is 12.5. The van der Waals surface area contributed by atoms with Crippen molar-refractivity contribution >= 4 is 17.5 Å². The number of carbonyl (C=O) groups is 2. The molecule has 0 fully saturated rings.